The molecule has 0 spiro atoms. The lowest BCUT2D eigenvalue weighted by Gasteiger charge is -2.13. The number of aromatic carboxylic acids is 1. The molecule has 1 rings (SSSR count). The van der Waals surface area contributed by atoms with Gasteiger partial charge >= 0.3 is 5.97 Å². The van der Waals surface area contributed by atoms with Crippen molar-refractivity contribution in [3.63, 3.8) is 0 Å². The molecule has 1 heterocycles. The SMILES string of the molecule is C=C(C)Cn1c(C)c(C(=O)O)c(C)cc1=O. The Kier molecular flexibility index (Phi) is 3.32. The standard InChI is InChI=1S/C12H15NO3/c1-7(2)6-13-9(4)11(12(15)16)8(3)5-10(13)14/h5H,1,6H2,2-4H3,(H,15,16). The molecular formula is C12H15NO3. The zero-order valence-corrected chi connectivity index (χ0v) is 9.70. The number of hydrogen-bond donors (Lipinski definition) is 1. The second kappa shape index (κ2) is 4.35. The predicted octanol–water partition coefficient (Wildman–Crippen LogP) is 1.74. The molecule has 0 bridgehead atoms. The molecule has 1 aromatic rings. The van der Waals surface area contributed by atoms with Gasteiger partial charge in [-0.25, -0.2) is 4.79 Å². The summed E-state index contributed by atoms with van der Waals surface area (Å²) < 4.78 is 1.43. The molecule has 0 aliphatic carbocycles. The Morgan fingerprint density at radius 1 is 1.50 bits per heavy atom. The first-order chi connectivity index (χ1) is 7.34. The molecule has 0 saturated carbocycles. The molecule has 0 aromatic carbocycles. The van der Waals surface area contributed by atoms with Crippen LogP contribution in [0.25, 0.3) is 0 Å². The molecule has 0 atom stereocenters. The number of aromatic nitrogens is 1. The molecule has 1 aromatic heterocycles. The maximum Gasteiger partial charge on any atom is 0.337 e. The highest BCUT2D eigenvalue weighted by Gasteiger charge is 2.15. The molecule has 0 radical (unpaired) electrons. The van der Waals surface area contributed by atoms with Gasteiger partial charge in [-0.3, -0.25) is 4.79 Å². The third-order valence-electron chi connectivity index (χ3n) is 2.41. The summed E-state index contributed by atoms with van der Waals surface area (Å²) in [6.45, 7) is 9.14. The molecule has 0 amide bonds. The lowest BCUT2D eigenvalue weighted by atomic mass is 10.1. The van der Waals surface area contributed by atoms with Gasteiger partial charge in [0, 0.05) is 18.3 Å². The zero-order chi connectivity index (χ0) is 12.5. The van der Waals surface area contributed by atoms with E-state index in [4.69, 9.17) is 5.11 Å². The number of nitrogens with zero attached hydrogens (tertiary/aromatic N) is 1. The van der Waals surface area contributed by atoms with Crippen molar-refractivity contribution in [3.8, 4) is 0 Å². The fraction of sp³-hybridized carbons (Fsp3) is 0.333. The van der Waals surface area contributed by atoms with Gasteiger partial charge in [-0.2, -0.15) is 0 Å². The highest BCUT2D eigenvalue weighted by molar-refractivity contribution is 5.90. The second-order valence-corrected chi connectivity index (χ2v) is 3.97. The molecule has 4 nitrogen and oxygen atoms in total. The minimum atomic E-state index is -1.01. The van der Waals surface area contributed by atoms with Crippen molar-refractivity contribution in [2.75, 3.05) is 0 Å². The van der Waals surface area contributed by atoms with E-state index in [-0.39, 0.29) is 11.1 Å². The maximum atomic E-state index is 11.7. The van der Waals surface area contributed by atoms with Crippen LogP contribution in [0.4, 0.5) is 0 Å². The number of carboxylic acids is 1. The lowest BCUT2D eigenvalue weighted by Crippen LogP contribution is -2.25. The molecule has 0 aliphatic heterocycles. The first kappa shape index (κ1) is 12.2. The van der Waals surface area contributed by atoms with Gasteiger partial charge in [0.15, 0.2) is 0 Å². The van der Waals surface area contributed by atoms with Crippen molar-refractivity contribution in [3.05, 3.63) is 45.4 Å². The Morgan fingerprint density at radius 2 is 2.06 bits per heavy atom. The fourth-order valence-electron chi connectivity index (χ4n) is 1.71. The van der Waals surface area contributed by atoms with Crippen molar-refractivity contribution in [1.29, 1.82) is 0 Å². The van der Waals surface area contributed by atoms with Crippen molar-refractivity contribution < 1.29 is 9.90 Å². The summed E-state index contributed by atoms with van der Waals surface area (Å²) >= 11 is 0. The Morgan fingerprint density at radius 3 is 2.50 bits per heavy atom. The van der Waals surface area contributed by atoms with Crippen LogP contribution < -0.4 is 5.56 Å². The number of allylic oxidation sites excluding steroid dienone is 1. The van der Waals surface area contributed by atoms with Crippen LogP contribution in [-0.2, 0) is 6.54 Å². The molecular weight excluding hydrogens is 206 g/mol. The van der Waals surface area contributed by atoms with Crippen LogP contribution >= 0.6 is 0 Å². The highest BCUT2D eigenvalue weighted by Crippen LogP contribution is 2.12. The third-order valence-corrected chi connectivity index (χ3v) is 2.41. The van der Waals surface area contributed by atoms with E-state index < -0.39 is 5.97 Å². The number of aryl methyl sites for hydroxylation is 1. The topological polar surface area (TPSA) is 59.3 Å². The molecule has 86 valence electrons. The van der Waals surface area contributed by atoms with E-state index in [1.165, 1.54) is 10.6 Å². The summed E-state index contributed by atoms with van der Waals surface area (Å²) in [5.74, 6) is -1.01. The minimum Gasteiger partial charge on any atom is -0.478 e. The van der Waals surface area contributed by atoms with Crippen molar-refractivity contribution in [1.82, 2.24) is 4.57 Å². The average molecular weight is 221 g/mol. The summed E-state index contributed by atoms with van der Waals surface area (Å²) in [5, 5.41) is 9.06. The van der Waals surface area contributed by atoms with Gasteiger partial charge < -0.3 is 9.67 Å². The average Bonchev–Trinajstić information content (AvgIpc) is 2.10. The van der Waals surface area contributed by atoms with Gasteiger partial charge in [0.25, 0.3) is 5.56 Å². The van der Waals surface area contributed by atoms with Crippen LogP contribution in [0.3, 0.4) is 0 Å². The third kappa shape index (κ3) is 2.21. The van der Waals surface area contributed by atoms with Crippen LogP contribution in [0.5, 0.6) is 0 Å². The van der Waals surface area contributed by atoms with E-state index >= 15 is 0 Å². The number of pyridine rings is 1. The van der Waals surface area contributed by atoms with E-state index in [0.29, 0.717) is 17.8 Å². The van der Waals surface area contributed by atoms with Gasteiger partial charge in [0.2, 0.25) is 0 Å². The highest BCUT2D eigenvalue weighted by atomic mass is 16.4. The summed E-state index contributed by atoms with van der Waals surface area (Å²) in [7, 11) is 0. The van der Waals surface area contributed by atoms with Crippen molar-refractivity contribution in [2.45, 2.75) is 27.3 Å². The summed E-state index contributed by atoms with van der Waals surface area (Å²) in [6.07, 6.45) is 0. The van der Waals surface area contributed by atoms with E-state index in [2.05, 4.69) is 6.58 Å². The van der Waals surface area contributed by atoms with Gasteiger partial charge in [0.1, 0.15) is 0 Å². The Hall–Kier alpha value is -1.84. The van der Waals surface area contributed by atoms with Gasteiger partial charge in [-0.05, 0) is 26.3 Å². The van der Waals surface area contributed by atoms with Gasteiger partial charge in [-0.15, -0.1) is 0 Å². The minimum absolute atomic E-state index is 0.192. The number of hydrogen-bond acceptors (Lipinski definition) is 2. The molecule has 1 N–H and O–H groups in total. The van der Waals surface area contributed by atoms with Crippen LogP contribution in [0.1, 0.15) is 28.5 Å². The lowest BCUT2D eigenvalue weighted by molar-refractivity contribution is 0.0694. The number of rotatable bonds is 3. The maximum absolute atomic E-state index is 11.7. The number of carboxylic acid groups (broad SMARTS) is 1. The van der Waals surface area contributed by atoms with Crippen LogP contribution in [0.2, 0.25) is 0 Å². The number of carbonyl (C=O) groups is 1. The van der Waals surface area contributed by atoms with E-state index in [0.717, 1.165) is 5.57 Å². The molecule has 0 aliphatic rings. The first-order valence-corrected chi connectivity index (χ1v) is 4.93. The molecule has 0 unspecified atom stereocenters. The summed E-state index contributed by atoms with van der Waals surface area (Å²) in [6, 6.07) is 1.35. The largest absolute Gasteiger partial charge is 0.478 e. The summed E-state index contributed by atoms with van der Waals surface area (Å²) in [5.41, 5.74) is 1.78. The van der Waals surface area contributed by atoms with Crippen molar-refractivity contribution in [2.24, 2.45) is 0 Å². The molecule has 4 heteroatoms. The Balaban J connectivity index is 3.51. The van der Waals surface area contributed by atoms with Crippen LogP contribution in [0, 0.1) is 13.8 Å². The van der Waals surface area contributed by atoms with E-state index in [9.17, 15) is 9.59 Å². The van der Waals surface area contributed by atoms with Crippen LogP contribution in [-0.4, -0.2) is 15.6 Å². The Labute approximate surface area is 93.8 Å². The second-order valence-electron chi connectivity index (χ2n) is 3.97. The quantitative estimate of drug-likeness (QED) is 0.791. The van der Waals surface area contributed by atoms with Gasteiger partial charge in [-0.1, -0.05) is 12.2 Å². The molecule has 0 saturated heterocycles. The first-order valence-electron chi connectivity index (χ1n) is 4.93. The van der Waals surface area contributed by atoms with E-state index in [1.807, 2.05) is 0 Å². The Bertz CT molecular complexity index is 512. The molecule has 16 heavy (non-hydrogen) atoms. The smallest absolute Gasteiger partial charge is 0.337 e. The normalized spacial score (nSPS) is 10.2. The zero-order valence-electron chi connectivity index (χ0n) is 9.70. The van der Waals surface area contributed by atoms with Gasteiger partial charge in [0.05, 0.1) is 5.56 Å². The fourth-order valence-corrected chi connectivity index (χ4v) is 1.71. The summed E-state index contributed by atoms with van der Waals surface area (Å²) in [4.78, 5) is 22.8. The molecule has 0 fully saturated rings. The van der Waals surface area contributed by atoms with Crippen molar-refractivity contribution >= 4 is 5.97 Å². The predicted molar refractivity (Wildman–Crippen MR) is 61.9 cm³/mol. The van der Waals surface area contributed by atoms with E-state index in [1.54, 1.807) is 20.8 Å². The van der Waals surface area contributed by atoms with Crippen LogP contribution in [0.15, 0.2) is 23.0 Å². The monoisotopic (exact) mass is 221 g/mol.